The first kappa shape index (κ1) is 26.3. The van der Waals surface area contributed by atoms with E-state index in [0.29, 0.717) is 29.3 Å². The Balaban J connectivity index is 1.38. The van der Waals surface area contributed by atoms with Gasteiger partial charge in [0, 0.05) is 34.3 Å². The van der Waals surface area contributed by atoms with E-state index in [1.165, 1.54) is 23.1 Å². The molecule has 7 heteroatoms. The van der Waals surface area contributed by atoms with E-state index in [4.69, 9.17) is 16.3 Å². The summed E-state index contributed by atoms with van der Waals surface area (Å²) in [7, 11) is 0. The molecule has 2 bridgehead atoms. The molecule has 5 nitrogen and oxygen atoms in total. The molecule has 2 N–H and O–H groups in total. The maximum Gasteiger partial charge on any atom is 0.261 e. The van der Waals surface area contributed by atoms with Crippen LogP contribution >= 0.6 is 23.5 Å². The zero-order valence-corrected chi connectivity index (χ0v) is 23.8. The van der Waals surface area contributed by atoms with Crippen LogP contribution in [0.4, 0.5) is 5.69 Å². The normalized spacial score (nSPS) is 31.4. The fourth-order valence-corrected chi connectivity index (χ4v) is 8.21. The predicted molar refractivity (Wildman–Crippen MR) is 155 cm³/mol. The van der Waals surface area contributed by atoms with Crippen LogP contribution < -0.4 is 14.4 Å². The van der Waals surface area contributed by atoms with Crippen molar-refractivity contribution in [3.05, 3.63) is 58.1 Å². The van der Waals surface area contributed by atoms with Gasteiger partial charge in [-0.3, -0.25) is 9.52 Å². The summed E-state index contributed by atoms with van der Waals surface area (Å²) in [5, 5.41) is 12.3. The van der Waals surface area contributed by atoms with Crippen LogP contribution in [0, 0.1) is 11.8 Å². The van der Waals surface area contributed by atoms with Crippen molar-refractivity contribution in [3.8, 4) is 5.75 Å². The Morgan fingerprint density at radius 1 is 1.16 bits per heavy atom. The second-order valence-electron chi connectivity index (χ2n) is 11.9. The van der Waals surface area contributed by atoms with Gasteiger partial charge in [-0.2, -0.15) is 0 Å². The van der Waals surface area contributed by atoms with Gasteiger partial charge in [-0.25, -0.2) is 0 Å². The van der Waals surface area contributed by atoms with Crippen LogP contribution in [0.3, 0.4) is 0 Å². The highest BCUT2D eigenvalue weighted by Crippen LogP contribution is 2.47. The Morgan fingerprint density at radius 2 is 2.05 bits per heavy atom. The number of hydrogen-bond acceptors (Lipinski definition) is 5. The minimum Gasteiger partial charge on any atom is -0.490 e. The SMILES string of the molecule is CC[C@H]1CCC[C@H](O)[C@@H]2CC[C@H]2CN2C[C@@]3(CCCc4cc(Cl)ccc43)COc3ccc(cc32)C(=O)NS1. The largest absolute Gasteiger partial charge is 0.490 e. The number of ether oxygens (including phenoxy) is 1. The van der Waals surface area contributed by atoms with Crippen LogP contribution in [0.2, 0.25) is 5.02 Å². The Hall–Kier alpha value is -1.89. The monoisotopic (exact) mass is 554 g/mol. The van der Waals surface area contributed by atoms with E-state index in [2.05, 4.69) is 28.7 Å². The van der Waals surface area contributed by atoms with Gasteiger partial charge in [-0.05, 0) is 123 Å². The zero-order valence-electron chi connectivity index (χ0n) is 22.3. The average molecular weight is 555 g/mol. The molecule has 0 radical (unpaired) electrons. The third kappa shape index (κ3) is 5.04. The molecule has 5 atom stereocenters. The molecule has 38 heavy (non-hydrogen) atoms. The van der Waals surface area contributed by atoms with Crippen LogP contribution in [0.1, 0.15) is 79.8 Å². The molecule has 2 aromatic rings. The predicted octanol–water partition coefficient (Wildman–Crippen LogP) is 6.54. The lowest BCUT2D eigenvalue weighted by Gasteiger charge is -2.45. The number of aliphatic hydroxyl groups excluding tert-OH is 1. The van der Waals surface area contributed by atoms with Crippen LogP contribution in [0.25, 0.3) is 0 Å². The van der Waals surface area contributed by atoms with Gasteiger partial charge in [0.2, 0.25) is 0 Å². The van der Waals surface area contributed by atoms with Crippen molar-refractivity contribution in [2.75, 3.05) is 24.6 Å². The number of hydrogen-bond donors (Lipinski definition) is 2. The number of carbonyl (C=O) groups excluding carboxylic acids is 1. The van der Waals surface area contributed by atoms with Crippen LogP contribution in [-0.4, -0.2) is 42.1 Å². The number of halogens is 1. The van der Waals surface area contributed by atoms with Crippen LogP contribution in [0.5, 0.6) is 5.75 Å². The van der Waals surface area contributed by atoms with Crippen molar-refractivity contribution >= 4 is 35.1 Å². The number of nitrogens with zero attached hydrogens (tertiary/aromatic N) is 1. The molecule has 1 saturated carbocycles. The fourth-order valence-electron chi connectivity index (χ4n) is 7.18. The topological polar surface area (TPSA) is 61.8 Å². The smallest absolute Gasteiger partial charge is 0.261 e. The molecule has 2 heterocycles. The molecule has 2 aliphatic heterocycles. The average Bonchev–Trinajstić information content (AvgIpc) is 3.05. The lowest BCUT2D eigenvalue weighted by atomic mass is 9.68. The van der Waals surface area contributed by atoms with Gasteiger partial charge in [0.25, 0.3) is 5.91 Å². The van der Waals surface area contributed by atoms with E-state index in [1.807, 2.05) is 24.3 Å². The highest BCUT2D eigenvalue weighted by molar-refractivity contribution is 7.98. The number of fused-ring (bicyclic) bond motifs is 4. The molecule has 2 aromatic carbocycles. The maximum absolute atomic E-state index is 13.2. The summed E-state index contributed by atoms with van der Waals surface area (Å²) in [6.45, 7) is 4.49. The number of nitrogens with one attached hydrogen (secondary N) is 1. The van der Waals surface area contributed by atoms with E-state index in [9.17, 15) is 9.90 Å². The van der Waals surface area contributed by atoms with Gasteiger partial charge in [-0.15, -0.1) is 0 Å². The molecule has 0 aromatic heterocycles. The van der Waals surface area contributed by atoms with Gasteiger partial charge >= 0.3 is 0 Å². The Labute approximate surface area is 235 Å². The third-order valence-electron chi connectivity index (χ3n) is 9.52. The molecule has 1 amide bonds. The zero-order chi connectivity index (χ0) is 26.3. The number of carbonyl (C=O) groups is 1. The molecule has 0 unspecified atom stereocenters. The summed E-state index contributed by atoms with van der Waals surface area (Å²) < 4.78 is 9.69. The lowest BCUT2D eigenvalue weighted by Crippen LogP contribution is -2.49. The highest BCUT2D eigenvalue weighted by Gasteiger charge is 2.44. The summed E-state index contributed by atoms with van der Waals surface area (Å²) >= 11 is 7.93. The van der Waals surface area contributed by atoms with Crippen molar-refractivity contribution in [1.29, 1.82) is 0 Å². The van der Waals surface area contributed by atoms with Gasteiger partial charge in [0.15, 0.2) is 0 Å². The fraction of sp³-hybridized carbons (Fsp3) is 0.581. The van der Waals surface area contributed by atoms with Crippen molar-refractivity contribution in [2.24, 2.45) is 11.8 Å². The van der Waals surface area contributed by atoms with E-state index in [0.717, 1.165) is 87.3 Å². The first-order chi connectivity index (χ1) is 18.5. The summed E-state index contributed by atoms with van der Waals surface area (Å²) in [5.41, 5.74) is 4.22. The number of aryl methyl sites for hydroxylation is 1. The Kier molecular flexibility index (Phi) is 7.58. The summed E-state index contributed by atoms with van der Waals surface area (Å²) in [6.07, 6.45) is 9.03. The van der Waals surface area contributed by atoms with Crippen molar-refractivity contribution in [3.63, 3.8) is 0 Å². The van der Waals surface area contributed by atoms with Crippen LogP contribution in [0.15, 0.2) is 36.4 Å². The molecular weight excluding hydrogens is 516 g/mol. The quantitative estimate of drug-likeness (QED) is 0.392. The first-order valence-corrected chi connectivity index (χ1v) is 15.7. The Morgan fingerprint density at radius 3 is 2.87 bits per heavy atom. The van der Waals surface area contributed by atoms with Crippen molar-refractivity contribution in [2.45, 2.75) is 81.5 Å². The minimum atomic E-state index is -0.253. The Bertz CT molecular complexity index is 1190. The molecule has 1 spiro atoms. The molecule has 204 valence electrons. The summed E-state index contributed by atoms with van der Waals surface area (Å²) in [6, 6.07) is 12.3. The van der Waals surface area contributed by atoms with Gasteiger partial charge in [0.05, 0.1) is 18.4 Å². The highest BCUT2D eigenvalue weighted by atomic mass is 35.5. The van der Waals surface area contributed by atoms with Gasteiger partial charge in [0.1, 0.15) is 5.75 Å². The third-order valence-corrected chi connectivity index (χ3v) is 11.0. The van der Waals surface area contributed by atoms with E-state index in [1.54, 1.807) is 0 Å². The molecule has 6 rings (SSSR count). The molecular formula is C31H39ClN2O3S. The van der Waals surface area contributed by atoms with E-state index < -0.39 is 0 Å². The van der Waals surface area contributed by atoms with Gasteiger partial charge in [-0.1, -0.05) is 24.6 Å². The number of aliphatic hydroxyl groups is 1. The molecule has 0 saturated heterocycles. The number of amides is 1. The second kappa shape index (κ2) is 10.9. The lowest BCUT2D eigenvalue weighted by molar-refractivity contribution is 0.00910. The minimum absolute atomic E-state index is 0.0516. The van der Waals surface area contributed by atoms with Crippen molar-refractivity contribution in [1.82, 2.24) is 4.72 Å². The molecule has 1 fully saturated rings. The number of benzene rings is 2. The maximum atomic E-state index is 13.2. The number of rotatable bonds is 1. The van der Waals surface area contributed by atoms with Crippen LogP contribution in [-0.2, 0) is 11.8 Å². The second-order valence-corrected chi connectivity index (χ2v) is 13.4. The standard InChI is InChI=1S/C31H39ClN2O3S/c1-2-24-6-3-7-28(35)25-11-8-22(25)17-34-18-31(14-4-5-20-15-23(32)10-12-26(20)31)19-37-29-13-9-21(16-27(29)34)30(36)33-38-24/h9-10,12-13,15-16,22,24-25,28,35H,2-8,11,14,17-19H2,1H3,(H,33,36)/t22-,24-,25+,28-,31-/m0/s1. The first-order valence-electron chi connectivity index (χ1n) is 14.4. The number of anilines is 1. The summed E-state index contributed by atoms with van der Waals surface area (Å²) in [5.74, 6) is 1.58. The summed E-state index contributed by atoms with van der Waals surface area (Å²) in [4.78, 5) is 15.7. The van der Waals surface area contributed by atoms with E-state index >= 15 is 0 Å². The molecule has 4 aliphatic rings. The van der Waals surface area contributed by atoms with Crippen molar-refractivity contribution < 1.29 is 14.6 Å². The van der Waals surface area contributed by atoms with Gasteiger partial charge < -0.3 is 14.7 Å². The van der Waals surface area contributed by atoms with E-state index in [-0.39, 0.29) is 17.4 Å². The molecule has 2 aliphatic carbocycles.